The molecule has 0 heterocycles. The molecule has 20 heavy (non-hydrogen) atoms. The first kappa shape index (κ1) is 18.4. The van der Waals surface area contributed by atoms with Gasteiger partial charge in [0.25, 0.3) is 0 Å². The number of likely N-dealkylation sites (N-methyl/N-ethyl adjacent to an activating group) is 1. The Morgan fingerprint density at radius 1 is 1.20 bits per heavy atom. The summed E-state index contributed by atoms with van der Waals surface area (Å²) >= 11 is 0. The molecule has 116 valence electrons. The van der Waals surface area contributed by atoms with Crippen molar-refractivity contribution < 1.29 is 19.5 Å². The van der Waals surface area contributed by atoms with Crippen LogP contribution in [0.25, 0.3) is 0 Å². The molecule has 0 spiro atoms. The van der Waals surface area contributed by atoms with Crippen LogP contribution in [0.4, 0.5) is 0 Å². The highest BCUT2D eigenvalue weighted by molar-refractivity contribution is 5.99. The van der Waals surface area contributed by atoms with Crippen molar-refractivity contribution in [3.05, 3.63) is 0 Å². The lowest BCUT2D eigenvalue weighted by Crippen LogP contribution is -2.49. The van der Waals surface area contributed by atoms with E-state index in [0.717, 1.165) is 0 Å². The van der Waals surface area contributed by atoms with Crippen LogP contribution in [0.2, 0.25) is 0 Å². The van der Waals surface area contributed by atoms with Crippen LogP contribution in [-0.2, 0) is 14.4 Å². The summed E-state index contributed by atoms with van der Waals surface area (Å²) in [4.78, 5) is 36.7. The molecule has 0 aliphatic rings. The zero-order valence-electron chi connectivity index (χ0n) is 13.2. The average Bonchev–Trinajstić information content (AvgIpc) is 2.21. The first-order valence-electron chi connectivity index (χ1n) is 6.81. The van der Waals surface area contributed by atoms with Gasteiger partial charge in [-0.05, 0) is 26.2 Å². The molecule has 2 amide bonds. The quantitative estimate of drug-likeness (QED) is 0.716. The molecule has 0 bridgehead atoms. The third-order valence-electron chi connectivity index (χ3n) is 2.84. The molecule has 0 saturated carbocycles. The minimum absolute atomic E-state index is 0.0193. The number of amides is 2. The molecule has 0 aromatic heterocycles. The molecule has 0 aliphatic heterocycles. The fourth-order valence-corrected chi connectivity index (χ4v) is 1.92. The Bertz CT molecular complexity index is 372. The molecule has 0 aliphatic carbocycles. The van der Waals surface area contributed by atoms with Crippen LogP contribution in [0.5, 0.6) is 0 Å². The summed E-state index contributed by atoms with van der Waals surface area (Å²) < 4.78 is 0. The van der Waals surface area contributed by atoms with Gasteiger partial charge in [0.05, 0.1) is 6.54 Å². The van der Waals surface area contributed by atoms with Crippen LogP contribution in [0.1, 0.15) is 41.5 Å². The summed E-state index contributed by atoms with van der Waals surface area (Å²) in [5, 5.41) is 11.9. The molecule has 0 aromatic rings. The highest BCUT2D eigenvalue weighted by Gasteiger charge is 2.40. The van der Waals surface area contributed by atoms with Gasteiger partial charge in [-0.1, -0.05) is 20.8 Å². The molecule has 0 rings (SSSR count). The number of rotatable bonds is 6. The number of carboxylic acid groups (broad SMARTS) is 1. The standard InChI is InChI=1S/C14H26N2O4/c1-7-16(8-10(17)15-9(2)3)12(18)11(13(19)20)14(4,5)6/h9,11H,7-8H2,1-6H3,(H,15,17)(H,19,20). The van der Waals surface area contributed by atoms with E-state index >= 15 is 0 Å². The molecule has 6 heteroatoms. The lowest BCUT2D eigenvalue weighted by molar-refractivity contribution is -0.157. The van der Waals surface area contributed by atoms with Crippen LogP contribution < -0.4 is 5.32 Å². The second kappa shape index (κ2) is 7.26. The van der Waals surface area contributed by atoms with Crippen LogP contribution in [0, 0.1) is 11.3 Å². The van der Waals surface area contributed by atoms with E-state index in [2.05, 4.69) is 5.32 Å². The third kappa shape index (κ3) is 5.59. The Morgan fingerprint density at radius 3 is 2.00 bits per heavy atom. The number of hydrogen-bond donors (Lipinski definition) is 2. The number of aliphatic carboxylic acids is 1. The maximum absolute atomic E-state index is 12.3. The van der Waals surface area contributed by atoms with Crippen molar-refractivity contribution in [3.8, 4) is 0 Å². The van der Waals surface area contributed by atoms with Crippen molar-refractivity contribution in [2.24, 2.45) is 11.3 Å². The Labute approximate surface area is 120 Å². The molecule has 0 saturated heterocycles. The Kier molecular flexibility index (Phi) is 6.68. The van der Waals surface area contributed by atoms with Crippen LogP contribution >= 0.6 is 0 Å². The smallest absolute Gasteiger partial charge is 0.316 e. The normalized spacial score (nSPS) is 12.9. The minimum Gasteiger partial charge on any atom is -0.481 e. The van der Waals surface area contributed by atoms with Crippen molar-refractivity contribution in [1.29, 1.82) is 0 Å². The predicted molar refractivity (Wildman–Crippen MR) is 76.1 cm³/mol. The summed E-state index contributed by atoms with van der Waals surface area (Å²) in [5.41, 5.74) is -0.704. The summed E-state index contributed by atoms with van der Waals surface area (Å²) in [7, 11) is 0. The Morgan fingerprint density at radius 2 is 1.70 bits per heavy atom. The van der Waals surface area contributed by atoms with Gasteiger partial charge in [-0.15, -0.1) is 0 Å². The highest BCUT2D eigenvalue weighted by atomic mass is 16.4. The van der Waals surface area contributed by atoms with Gasteiger partial charge < -0.3 is 15.3 Å². The van der Waals surface area contributed by atoms with Crippen molar-refractivity contribution in [2.45, 2.75) is 47.6 Å². The molecule has 0 fully saturated rings. The van der Waals surface area contributed by atoms with Crippen LogP contribution in [-0.4, -0.2) is 46.9 Å². The van der Waals surface area contributed by atoms with Crippen molar-refractivity contribution in [2.75, 3.05) is 13.1 Å². The third-order valence-corrected chi connectivity index (χ3v) is 2.84. The van der Waals surface area contributed by atoms with Gasteiger partial charge in [0.15, 0.2) is 0 Å². The van der Waals surface area contributed by atoms with Gasteiger partial charge >= 0.3 is 5.97 Å². The summed E-state index contributed by atoms with van der Waals surface area (Å²) in [6.07, 6.45) is 0. The van der Waals surface area contributed by atoms with Gasteiger partial charge in [-0.2, -0.15) is 0 Å². The maximum Gasteiger partial charge on any atom is 0.316 e. The van der Waals surface area contributed by atoms with E-state index < -0.39 is 23.2 Å². The van der Waals surface area contributed by atoms with Gasteiger partial charge in [0.2, 0.25) is 11.8 Å². The molecular weight excluding hydrogens is 260 g/mol. The number of nitrogens with zero attached hydrogens (tertiary/aromatic N) is 1. The highest BCUT2D eigenvalue weighted by Crippen LogP contribution is 2.28. The van der Waals surface area contributed by atoms with E-state index in [1.807, 2.05) is 13.8 Å². The fourth-order valence-electron chi connectivity index (χ4n) is 1.92. The van der Waals surface area contributed by atoms with E-state index in [1.54, 1.807) is 27.7 Å². The minimum atomic E-state index is -1.16. The zero-order valence-corrected chi connectivity index (χ0v) is 13.2. The Balaban J connectivity index is 5.00. The largest absolute Gasteiger partial charge is 0.481 e. The first-order valence-corrected chi connectivity index (χ1v) is 6.81. The van der Waals surface area contributed by atoms with E-state index in [4.69, 9.17) is 0 Å². The molecule has 2 N–H and O–H groups in total. The average molecular weight is 286 g/mol. The maximum atomic E-state index is 12.3. The van der Waals surface area contributed by atoms with E-state index in [9.17, 15) is 19.5 Å². The SMILES string of the molecule is CCN(CC(=O)NC(C)C)C(=O)C(C(=O)O)C(C)(C)C. The lowest BCUT2D eigenvalue weighted by atomic mass is 9.80. The van der Waals surface area contributed by atoms with Gasteiger partial charge in [-0.25, -0.2) is 0 Å². The summed E-state index contributed by atoms with van der Waals surface area (Å²) in [5.74, 6) is -3.13. The second-order valence-electron chi connectivity index (χ2n) is 6.21. The second-order valence-corrected chi connectivity index (χ2v) is 6.21. The summed E-state index contributed by atoms with van der Waals surface area (Å²) in [6, 6.07) is -0.0193. The van der Waals surface area contributed by atoms with Crippen LogP contribution in [0.3, 0.4) is 0 Å². The molecule has 0 radical (unpaired) electrons. The van der Waals surface area contributed by atoms with Crippen LogP contribution in [0.15, 0.2) is 0 Å². The zero-order chi connectivity index (χ0) is 16.1. The number of hydrogen-bond acceptors (Lipinski definition) is 3. The molecule has 6 nitrogen and oxygen atoms in total. The van der Waals surface area contributed by atoms with Crippen molar-refractivity contribution in [3.63, 3.8) is 0 Å². The summed E-state index contributed by atoms with van der Waals surface area (Å²) in [6.45, 7) is 10.7. The molecule has 0 aromatic carbocycles. The topological polar surface area (TPSA) is 86.7 Å². The number of carbonyl (C=O) groups excluding carboxylic acids is 2. The molecule has 1 atom stereocenters. The molecule has 1 unspecified atom stereocenters. The van der Waals surface area contributed by atoms with E-state index in [-0.39, 0.29) is 18.5 Å². The van der Waals surface area contributed by atoms with E-state index in [1.165, 1.54) is 4.90 Å². The lowest BCUT2D eigenvalue weighted by Gasteiger charge is -2.31. The molecular formula is C14H26N2O4. The number of carboxylic acids is 1. The van der Waals surface area contributed by atoms with Crippen molar-refractivity contribution >= 4 is 17.8 Å². The van der Waals surface area contributed by atoms with Gasteiger partial charge in [-0.3, -0.25) is 14.4 Å². The Hall–Kier alpha value is -1.59. The fraction of sp³-hybridized carbons (Fsp3) is 0.786. The number of nitrogens with one attached hydrogen (secondary N) is 1. The monoisotopic (exact) mass is 286 g/mol. The van der Waals surface area contributed by atoms with E-state index in [0.29, 0.717) is 6.54 Å². The first-order chi connectivity index (χ1) is 9.00. The van der Waals surface area contributed by atoms with Crippen molar-refractivity contribution in [1.82, 2.24) is 10.2 Å². The number of carbonyl (C=O) groups is 3. The van der Waals surface area contributed by atoms with Gasteiger partial charge in [0.1, 0.15) is 5.92 Å². The predicted octanol–water partition coefficient (Wildman–Crippen LogP) is 1.11. The van der Waals surface area contributed by atoms with Gasteiger partial charge in [0, 0.05) is 12.6 Å².